The number of fused-ring (bicyclic) bond motifs is 6. The lowest BCUT2D eigenvalue weighted by molar-refractivity contribution is -0.646. The molecule has 10 rings (SSSR count). The van der Waals surface area contributed by atoms with Crippen molar-refractivity contribution < 1.29 is 37.7 Å². The van der Waals surface area contributed by atoms with Crippen molar-refractivity contribution in [2.45, 2.75) is 187 Å². The molecule has 0 aliphatic rings. The summed E-state index contributed by atoms with van der Waals surface area (Å²) in [5.41, 5.74) is 13.9. The number of aromatic nitrogens is 6. The number of amides is 4. The number of anilines is 6. The molecule has 4 amide bonds. The molecule has 0 saturated carbocycles. The maximum absolute atomic E-state index is 13.9. The van der Waals surface area contributed by atoms with Crippen LogP contribution >= 0.6 is 0 Å². The monoisotopic (exact) mass is 1580 g/mol. The second-order valence-electron chi connectivity index (χ2n) is 31.6. The third kappa shape index (κ3) is 27.1. The van der Waals surface area contributed by atoms with Crippen LogP contribution in [-0.4, -0.2) is 154 Å². The number of benzene rings is 6. The smallest absolute Gasteiger partial charge is 0.286 e. The van der Waals surface area contributed by atoms with E-state index in [1.165, 1.54) is 66.1 Å². The Bertz CT molecular complexity index is 4900. The zero-order valence-electron chi connectivity index (χ0n) is 70.6. The van der Waals surface area contributed by atoms with Gasteiger partial charge in [-0.2, -0.15) is 28.7 Å². The van der Waals surface area contributed by atoms with Crippen molar-refractivity contribution >= 4 is 130 Å². The number of rotatable bonds is 53. The third-order valence-corrected chi connectivity index (χ3v) is 21.7. The number of nitrogens with one attached hydrogen (secondary N) is 10. The highest BCUT2D eigenvalue weighted by atomic mass is 16.2. The lowest BCUT2D eigenvalue weighted by Gasteiger charge is -2.14. The zero-order valence-corrected chi connectivity index (χ0v) is 70.6. The topological polar surface area (TPSA) is 266 Å². The fraction of sp³-hybridized carbons (Fsp3) is 0.489. The van der Waals surface area contributed by atoms with Crippen molar-refractivity contribution in [1.82, 2.24) is 52.2 Å². The SMILES string of the molecule is CNCc1ccc2cc3ccc(N(C)C)cc3[n+](CCCCCC(=O)CCCCCNC(=O)CCCCCNc3nc(NCCCCCC(=O)NCCCCCNC(=O)CCCCC[n+]4c5cc(CNC)ccc5cc5ccc(N(C)C)cc54)nc(NCCNC(=O)C[n+]4c5cc(CNC)ccc5cc5ccc(N(C)C)cc54)n3)c2c1. The van der Waals surface area contributed by atoms with Gasteiger partial charge >= 0.3 is 0 Å². The van der Waals surface area contributed by atoms with Gasteiger partial charge in [0.25, 0.3) is 5.91 Å². The van der Waals surface area contributed by atoms with Gasteiger partial charge in [-0.15, -0.1) is 0 Å². The lowest BCUT2D eigenvalue weighted by atomic mass is 10.0. The van der Waals surface area contributed by atoms with Crippen molar-refractivity contribution in [3.63, 3.8) is 0 Å². The first-order chi connectivity index (χ1) is 56.4. The second kappa shape index (κ2) is 46.3. The van der Waals surface area contributed by atoms with Gasteiger partial charge in [-0.3, -0.25) is 24.0 Å². The van der Waals surface area contributed by atoms with E-state index in [2.05, 4.69) is 237 Å². The molecular formula is C92H130N19O5+3. The van der Waals surface area contributed by atoms with E-state index in [1.54, 1.807) is 0 Å². The van der Waals surface area contributed by atoms with Crippen LogP contribution in [0.3, 0.4) is 0 Å². The number of carbonyl (C=O) groups is 5. The standard InChI is InChI=1S/C92H127N19O5/c1-93-63-67-33-36-70-57-73-39-42-76(106(4)5)60-83(73)109(80(70)54-67)52-26-13-17-29-79(112)28-16-10-21-45-96-86(113)30-18-11-22-48-100-90-103-91(105-92(104-90)102-51-50-99-89(116)66-111-82-56-69(65-95-3)35-38-72(82)59-75-41-44-78(108(8)9)62-85(75)111)101-49-23-12-19-31-87(114)97-46-24-15-25-47-98-88(115)32-20-14-27-53-110-81-55-68(64-94-2)34-37-71(81)58-74-40-43-77(107(6)7)61-84(74)110/h33-44,54-62,93-95H,10-32,45-53,63-66H2,1-9H3,(H4-3,96,97,98,99,100,101,102,103,104,105,113,114,115,116)/p+3. The first-order valence-electron chi connectivity index (χ1n) is 42.6. The summed E-state index contributed by atoms with van der Waals surface area (Å²) in [6.45, 7) is 7.95. The molecule has 10 aromatic rings. The number of pyridine rings is 3. The predicted molar refractivity (Wildman–Crippen MR) is 475 cm³/mol. The molecule has 0 spiro atoms. The van der Waals surface area contributed by atoms with Gasteiger partial charge in [0, 0.05) is 238 Å². The van der Waals surface area contributed by atoms with Gasteiger partial charge in [0.05, 0.1) is 0 Å². The normalized spacial score (nSPS) is 11.5. The molecule has 0 atom stereocenters. The molecule has 620 valence electrons. The van der Waals surface area contributed by atoms with E-state index in [0.29, 0.717) is 108 Å². The van der Waals surface area contributed by atoms with Crippen molar-refractivity contribution in [3.8, 4) is 0 Å². The minimum atomic E-state index is -0.124. The van der Waals surface area contributed by atoms with Crippen molar-refractivity contribution in [2.24, 2.45) is 0 Å². The van der Waals surface area contributed by atoms with Gasteiger partial charge in [-0.1, -0.05) is 37.5 Å². The summed E-state index contributed by atoms with van der Waals surface area (Å²) in [6, 6.07) is 46.3. The van der Waals surface area contributed by atoms with Crippen molar-refractivity contribution in [1.29, 1.82) is 0 Å². The number of nitrogens with zero attached hydrogens (tertiary/aromatic N) is 9. The van der Waals surface area contributed by atoms with E-state index in [1.807, 2.05) is 35.2 Å². The summed E-state index contributed by atoms with van der Waals surface area (Å²) >= 11 is 0. The Balaban J connectivity index is 0.605. The average molecular weight is 1580 g/mol. The van der Waals surface area contributed by atoms with Gasteiger partial charge in [0.2, 0.25) is 75.2 Å². The highest BCUT2D eigenvalue weighted by Gasteiger charge is 2.24. The Kier molecular flexibility index (Phi) is 35.1. The van der Waals surface area contributed by atoms with Crippen LogP contribution in [0.15, 0.2) is 127 Å². The summed E-state index contributed by atoms with van der Waals surface area (Å²) in [5.74, 6) is 1.56. The Morgan fingerprint density at radius 1 is 0.293 bits per heavy atom. The first kappa shape index (κ1) is 87.9. The van der Waals surface area contributed by atoms with E-state index in [0.717, 1.165) is 175 Å². The highest BCUT2D eigenvalue weighted by Crippen LogP contribution is 2.28. The van der Waals surface area contributed by atoms with Gasteiger partial charge in [-0.25, -0.2) is 0 Å². The van der Waals surface area contributed by atoms with Crippen LogP contribution in [0.2, 0.25) is 0 Å². The Labute approximate surface area is 686 Å². The summed E-state index contributed by atoms with van der Waals surface area (Å²) in [5, 5.41) is 39.3. The fourth-order valence-corrected chi connectivity index (χ4v) is 15.2. The maximum atomic E-state index is 13.9. The van der Waals surface area contributed by atoms with Crippen LogP contribution in [0.5, 0.6) is 0 Å². The Morgan fingerprint density at radius 3 is 0.948 bits per heavy atom. The molecular weight excluding hydrogens is 1450 g/mol. The molecule has 24 heteroatoms. The molecule has 24 nitrogen and oxygen atoms in total. The van der Waals surface area contributed by atoms with Gasteiger partial charge in [0.15, 0.2) is 0 Å². The number of aryl methyl sites for hydroxylation is 2. The van der Waals surface area contributed by atoms with Gasteiger partial charge in [-0.05, 0) is 194 Å². The molecule has 4 heterocycles. The van der Waals surface area contributed by atoms with Crippen molar-refractivity contribution in [3.05, 3.63) is 144 Å². The largest absolute Gasteiger partial charge is 0.377 e. The number of carbonyl (C=O) groups excluding carboxylic acids is 5. The van der Waals surface area contributed by atoms with E-state index < -0.39 is 0 Å². The minimum Gasteiger partial charge on any atom is -0.377 e. The number of Topliss-reactive ketones (excluding diaryl/α,β-unsaturated/α-hetero) is 1. The van der Waals surface area contributed by atoms with Crippen molar-refractivity contribution in [2.75, 3.05) is 140 Å². The second-order valence-corrected chi connectivity index (χ2v) is 31.6. The van der Waals surface area contributed by atoms with Crippen LogP contribution in [0.1, 0.15) is 164 Å². The van der Waals surface area contributed by atoms with E-state index in [-0.39, 0.29) is 30.2 Å². The van der Waals surface area contributed by atoms with E-state index in [4.69, 9.17) is 15.0 Å². The molecule has 0 radical (unpaired) electrons. The summed E-state index contributed by atoms with van der Waals surface area (Å²) in [7, 11) is 18.2. The quantitative estimate of drug-likeness (QED) is 0.00965. The number of ketones is 1. The van der Waals surface area contributed by atoms with Gasteiger partial charge < -0.3 is 67.9 Å². The zero-order chi connectivity index (χ0) is 82.0. The Morgan fingerprint density at radius 2 is 0.586 bits per heavy atom. The van der Waals surface area contributed by atoms with Crippen LogP contribution in [0.4, 0.5) is 34.9 Å². The Hall–Kier alpha value is -10.4. The maximum Gasteiger partial charge on any atom is 0.286 e. The van der Waals surface area contributed by atoms with Crippen LogP contribution in [-0.2, 0) is 63.2 Å². The predicted octanol–water partition coefficient (Wildman–Crippen LogP) is 12.4. The van der Waals surface area contributed by atoms with Crippen LogP contribution < -0.4 is 81.6 Å². The molecule has 4 aromatic heterocycles. The summed E-state index contributed by atoms with van der Waals surface area (Å²) in [4.78, 5) is 85.8. The lowest BCUT2D eigenvalue weighted by Crippen LogP contribution is -2.45. The molecule has 0 saturated heterocycles. The van der Waals surface area contributed by atoms with E-state index >= 15 is 0 Å². The van der Waals surface area contributed by atoms with Crippen LogP contribution in [0, 0.1) is 0 Å². The number of unbranched alkanes of at least 4 members (excludes halogenated alkanes) is 12. The molecule has 0 fully saturated rings. The summed E-state index contributed by atoms with van der Waals surface area (Å²) in [6.07, 6.45) is 18.2. The van der Waals surface area contributed by atoms with Gasteiger partial charge in [0.1, 0.15) is 18.9 Å². The molecule has 0 aliphatic carbocycles. The number of hydrogen-bond acceptors (Lipinski definition) is 17. The van der Waals surface area contributed by atoms with E-state index in [9.17, 15) is 24.0 Å². The summed E-state index contributed by atoms with van der Waals surface area (Å²) < 4.78 is 7.02. The molecule has 10 N–H and O–H groups in total. The first-order valence-corrected chi connectivity index (χ1v) is 42.6. The molecule has 0 unspecified atom stereocenters. The number of hydrogen-bond donors (Lipinski definition) is 10. The highest BCUT2D eigenvalue weighted by molar-refractivity contribution is 5.93. The molecule has 6 aromatic carbocycles. The average Bonchev–Trinajstić information content (AvgIpc) is 1.23. The molecule has 0 aliphatic heterocycles. The molecule has 116 heavy (non-hydrogen) atoms. The fourth-order valence-electron chi connectivity index (χ4n) is 15.2. The minimum absolute atomic E-state index is 0.0436. The third-order valence-electron chi connectivity index (χ3n) is 21.7. The van der Waals surface area contributed by atoms with Crippen LogP contribution in [0.25, 0.3) is 65.4 Å². The molecule has 0 bridgehead atoms.